The number of amides is 1. The monoisotopic (exact) mass is 297 g/mol. The van der Waals surface area contributed by atoms with Crippen molar-refractivity contribution in [1.82, 2.24) is 5.32 Å². The van der Waals surface area contributed by atoms with Crippen molar-refractivity contribution in [2.75, 3.05) is 18.6 Å². The lowest BCUT2D eigenvalue weighted by atomic mass is 9.97. The molecule has 6 nitrogen and oxygen atoms in total. The molecule has 0 saturated heterocycles. The minimum absolute atomic E-state index is 0.159. The Bertz CT molecular complexity index is 491. The fourth-order valence-electron chi connectivity index (χ4n) is 1.75. The number of nitrogens with two attached hydrogens (primary N) is 1. The zero-order chi connectivity index (χ0) is 15.0. The summed E-state index contributed by atoms with van der Waals surface area (Å²) in [5.41, 5.74) is 6.25. The quantitative estimate of drug-likeness (QED) is 0.223. The molecule has 110 valence electrons. The topological polar surface area (TPSA) is 105 Å². The van der Waals surface area contributed by atoms with Crippen LogP contribution >= 0.6 is 0 Å². The Hall–Kier alpha value is -1.89. The zero-order valence-electron chi connectivity index (χ0n) is 11.3. The molecule has 2 unspecified atom stereocenters. The number of nitrogens with zero attached hydrogens (tertiary/aromatic N) is 1. The summed E-state index contributed by atoms with van der Waals surface area (Å²) in [4.78, 5) is 12.1. The largest absolute Gasteiger partial charge is 0.409 e. The number of carbonyl (C=O) groups excluding carboxylic acids is 1. The molecule has 4 N–H and O–H groups in total. The second kappa shape index (κ2) is 8.31. The number of hydrogen-bond acceptors (Lipinski definition) is 4. The first-order valence-corrected chi connectivity index (χ1v) is 7.89. The predicted octanol–water partition coefficient (Wildman–Crippen LogP) is 0.401. The minimum atomic E-state index is -0.877. The van der Waals surface area contributed by atoms with Crippen molar-refractivity contribution in [3.8, 4) is 0 Å². The van der Waals surface area contributed by atoms with Gasteiger partial charge in [0.1, 0.15) is 5.92 Å². The Morgan fingerprint density at radius 3 is 2.65 bits per heavy atom. The van der Waals surface area contributed by atoms with Crippen LogP contribution in [0.5, 0.6) is 0 Å². The maximum atomic E-state index is 12.1. The average molecular weight is 297 g/mol. The van der Waals surface area contributed by atoms with Crippen LogP contribution in [0.15, 0.2) is 35.5 Å². The van der Waals surface area contributed by atoms with Gasteiger partial charge in [0.05, 0.1) is 0 Å². The summed E-state index contributed by atoms with van der Waals surface area (Å²) in [5.74, 6) is -0.797. The van der Waals surface area contributed by atoms with Crippen LogP contribution in [0.1, 0.15) is 17.9 Å². The molecule has 0 saturated carbocycles. The maximum Gasteiger partial charge on any atom is 0.235 e. The molecule has 0 fully saturated rings. The van der Waals surface area contributed by atoms with Gasteiger partial charge in [0.25, 0.3) is 0 Å². The molecule has 2 atom stereocenters. The highest BCUT2D eigenvalue weighted by atomic mass is 32.2. The summed E-state index contributed by atoms with van der Waals surface area (Å²) in [6.45, 7) is 0.403. The second-order valence-corrected chi connectivity index (χ2v) is 5.85. The molecule has 7 heteroatoms. The Labute approximate surface area is 120 Å². The third-order valence-corrected chi connectivity index (χ3v) is 3.58. The van der Waals surface area contributed by atoms with Crippen molar-refractivity contribution in [3.63, 3.8) is 0 Å². The smallest absolute Gasteiger partial charge is 0.235 e. The van der Waals surface area contributed by atoms with Crippen molar-refractivity contribution < 1.29 is 14.2 Å². The molecular weight excluding hydrogens is 278 g/mol. The number of carbonyl (C=O) groups is 1. The van der Waals surface area contributed by atoms with Gasteiger partial charge in [-0.05, 0) is 12.0 Å². The van der Waals surface area contributed by atoms with E-state index in [-0.39, 0.29) is 11.7 Å². The maximum absolute atomic E-state index is 12.1. The molecule has 1 aromatic carbocycles. The molecule has 0 spiro atoms. The van der Waals surface area contributed by atoms with E-state index in [2.05, 4.69) is 10.5 Å². The van der Waals surface area contributed by atoms with Crippen molar-refractivity contribution in [2.24, 2.45) is 10.9 Å². The highest BCUT2D eigenvalue weighted by Gasteiger charge is 2.24. The standard InChI is InChI=1S/C13H19N3O3S/c1-20(19)9-5-8-15-13(17)11(12(14)16-18)10-6-3-2-4-7-10/h2-4,6-7,11,18H,5,8-9H2,1H3,(H2,14,16)(H,15,17). The summed E-state index contributed by atoms with van der Waals surface area (Å²) in [5, 5.41) is 14.4. The zero-order valence-corrected chi connectivity index (χ0v) is 12.1. The molecule has 0 aliphatic heterocycles. The normalized spacial score (nSPS) is 14.6. The molecule has 20 heavy (non-hydrogen) atoms. The molecule has 1 rings (SSSR count). The van der Waals surface area contributed by atoms with Crippen LogP contribution in [0, 0.1) is 0 Å². The van der Waals surface area contributed by atoms with Crippen LogP contribution in [-0.4, -0.2) is 39.7 Å². The van der Waals surface area contributed by atoms with E-state index >= 15 is 0 Å². The fourth-order valence-corrected chi connectivity index (χ4v) is 2.30. The van der Waals surface area contributed by atoms with E-state index in [0.717, 1.165) is 0 Å². The fraction of sp³-hybridized carbons (Fsp3) is 0.385. The van der Waals surface area contributed by atoms with Crippen molar-refractivity contribution >= 4 is 22.5 Å². The van der Waals surface area contributed by atoms with E-state index in [1.165, 1.54) is 0 Å². The summed E-state index contributed by atoms with van der Waals surface area (Å²) >= 11 is 0. The number of rotatable bonds is 7. The summed E-state index contributed by atoms with van der Waals surface area (Å²) in [6.07, 6.45) is 2.23. The van der Waals surface area contributed by atoms with Crippen LogP contribution in [0.2, 0.25) is 0 Å². The molecule has 0 aliphatic carbocycles. The summed E-state index contributed by atoms with van der Waals surface area (Å²) in [7, 11) is -0.877. The highest BCUT2D eigenvalue weighted by molar-refractivity contribution is 7.84. The minimum Gasteiger partial charge on any atom is -0.409 e. The lowest BCUT2D eigenvalue weighted by Gasteiger charge is -2.15. The molecule has 0 aromatic heterocycles. The molecule has 0 heterocycles. The number of nitrogens with one attached hydrogen (secondary N) is 1. The van der Waals surface area contributed by atoms with Crippen LogP contribution < -0.4 is 11.1 Å². The third-order valence-electron chi connectivity index (χ3n) is 2.71. The van der Waals surface area contributed by atoms with Crippen molar-refractivity contribution in [3.05, 3.63) is 35.9 Å². The van der Waals surface area contributed by atoms with Gasteiger partial charge in [0.15, 0.2) is 5.84 Å². The van der Waals surface area contributed by atoms with Crippen LogP contribution in [-0.2, 0) is 15.6 Å². The third kappa shape index (κ3) is 5.00. The predicted molar refractivity (Wildman–Crippen MR) is 79.2 cm³/mol. The average Bonchev–Trinajstić information content (AvgIpc) is 2.44. The number of oxime groups is 1. The van der Waals surface area contributed by atoms with E-state index in [1.807, 2.05) is 6.07 Å². The van der Waals surface area contributed by atoms with Gasteiger partial charge in [-0.3, -0.25) is 9.00 Å². The van der Waals surface area contributed by atoms with Crippen molar-refractivity contribution in [1.29, 1.82) is 0 Å². The van der Waals surface area contributed by atoms with Gasteiger partial charge in [-0.25, -0.2) is 0 Å². The van der Waals surface area contributed by atoms with Crippen molar-refractivity contribution in [2.45, 2.75) is 12.3 Å². The van der Waals surface area contributed by atoms with E-state index in [4.69, 9.17) is 10.9 Å². The molecule has 1 aromatic rings. The Balaban J connectivity index is 2.70. The van der Waals surface area contributed by atoms with Gasteiger partial charge in [-0.15, -0.1) is 0 Å². The molecule has 0 aliphatic rings. The van der Waals surface area contributed by atoms with Gasteiger partial charge in [0, 0.05) is 29.4 Å². The Kier molecular flexibility index (Phi) is 6.72. The number of amidine groups is 1. The first-order valence-electron chi connectivity index (χ1n) is 6.16. The van der Waals surface area contributed by atoms with E-state index in [0.29, 0.717) is 24.3 Å². The number of benzene rings is 1. The van der Waals surface area contributed by atoms with E-state index in [9.17, 15) is 9.00 Å². The molecule has 0 bridgehead atoms. The first-order chi connectivity index (χ1) is 9.56. The summed E-state index contributed by atoms with van der Waals surface area (Å²) in [6, 6.07) is 8.86. The van der Waals surface area contributed by atoms with Gasteiger partial charge >= 0.3 is 0 Å². The molecule has 1 amide bonds. The van der Waals surface area contributed by atoms with E-state index in [1.54, 1.807) is 30.5 Å². The van der Waals surface area contributed by atoms with Gasteiger partial charge in [-0.1, -0.05) is 35.5 Å². The van der Waals surface area contributed by atoms with Crippen LogP contribution in [0.4, 0.5) is 0 Å². The van der Waals surface area contributed by atoms with Gasteiger partial charge < -0.3 is 16.3 Å². The van der Waals surface area contributed by atoms with Gasteiger partial charge in [-0.2, -0.15) is 0 Å². The highest BCUT2D eigenvalue weighted by Crippen LogP contribution is 2.15. The molecule has 0 radical (unpaired) electrons. The lowest BCUT2D eigenvalue weighted by Crippen LogP contribution is -2.37. The lowest BCUT2D eigenvalue weighted by molar-refractivity contribution is -0.121. The van der Waals surface area contributed by atoms with E-state index < -0.39 is 16.7 Å². The second-order valence-electron chi connectivity index (χ2n) is 4.29. The van der Waals surface area contributed by atoms with Crippen LogP contribution in [0.25, 0.3) is 0 Å². The first kappa shape index (κ1) is 16.2. The summed E-state index contributed by atoms with van der Waals surface area (Å²) < 4.78 is 10.9. The molecular formula is C13H19N3O3S. The van der Waals surface area contributed by atoms with Crippen LogP contribution in [0.3, 0.4) is 0 Å². The number of hydrogen-bond donors (Lipinski definition) is 3. The SMILES string of the molecule is CS(=O)CCCNC(=O)C(/C(N)=N/O)c1ccccc1. The Morgan fingerprint density at radius 2 is 2.10 bits per heavy atom. The Morgan fingerprint density at radius 1 is 1.45 bits per heavy atom. The van der Waals surface area contributed by atoms with Gasteiger partial charge in [0.2, 0.25) is 5.91 Å².